The Hall–Kier alpha value is -0.840. The van der Waals surface area contributed by atoms with E-state index in [0.29, 0.717) is 6.42 Å². The summed E-state index contributed by atoms with van der Waals surface area (Å²) in [6, 6.07) is 3.31. The second kappa shape index (κ2) is 9.02. The Kier molecular flexibility index (Phi) is 7.97. The number of sulfonamides is 1. The van der Waals surface area contributed by atoms with Gasteiger partial charge >= 0.3 is 6.36 Å². The first-order valence-corrected chi connectivity index (χ1v) is 9.51. The number of hydrogen-bond acceptors (Lipinski definition) is 4. The summed E-state index contributed by atoms with van der Waals surface area (Å²) in [4.78, 5) is -0.590. The lowest BCUT2D eigenvalue weighted by Crippen LogP contribution is -2.35. The number of unbranched alkanes of at least 4 members (excludes halogenated alkanes) is 2. The maximum atomic E-state index is 12.7. The third-order valence-corrected chi connectivity index (χ3v) is 5.54. The van der Waals surface area contributed by atoms with Crippen LogP contribution in [-0.4, -0.2) is 43.9 Å². The maximum absolute atomic E-state index is 12.7. The van der Waals surface area contributed by atoms with E-state index in [1.807, 2.05) is 6.92 Å². The fourth-order valence-electron chi connectivity index (χ4n) is 2.04. The zero-order chi connectivity index (χ0) is 18.4. The smallest absolute Gasteiger partial charge is 0.404 e. The lowest BCUT2D eigenvalue weighted by molar-refractivity contribution is -0.275. The van der Waals surface area contributed by atoms with Crippen LogP contribution in [0.4, 0.5) is 13.2 Å². The molecule has 0 bridgehead atoms. The third-order valence-electron chi connectivity index (χ3n) is 3.11. The zero-order valence-corrected chi connectivity index (χ0v) is 15.4. The van der Waals surface area contributed by atoms with E-state index in [4.69, 9.17) is 5.11 Å². The second-order valence-electron chi connectivity index (χ2n) is 4.97. The van der Waals surface area contributed by atoms with Crippen molar-refractivity contribution in [2.75, 3.05) is 19.7 Å². The lowest BCUT2D eigenvalue weighted by Gasteiger charge is -2.23. The van der Waals surface area contributed by atoms with Crippen LogP contribution in [0.5, 0.6) is 5.75 Å². The Morgan fingerprint density at radius 2 is 1.92 bits per heavy atom. The molecule has 24 heavy (non-hydrogen) atoms. The minimum absolute atomic E-state index is 0.109. The van der Waals surface area contributed by atoms with Crippen LogP contribution in [0.3, 0.4) is 0 Å². The Bertz CT molecular complexity index is 637. The maximum Gasteiger partial charge on any atom is 0.573 e. The van der Waals surface area contributed by atoms with Gasteiger partial charge in [-0.05, 0) is 24.6 Å². The molecule has 0 spiro atoms. The molecule has 0 atom stereocenters. The van der Waals surface area contributed by atoms with Gasteiger partial charge in [-0.1, -0.05) is 35.7 Å². The molecule has 10 heteroatoms. The highest BCUT2D eigenvalue weighted by Gasteiger charge is 2.35. The molecule has 0 unspecified atom stereocenters. The number of alkyl halides is 3. The average Bonchev–Trinajstić information content (AvgIpc) is 2.44. The van der Waals surface area contributed by atoms with Gasteiger partial charge in [-0.3, -0.25) is 0 Å². The lowest BCUT2D eigenvalue weighted by atomic mass is 10.2. The number of aliphatic hydroxyl groups is 1. The molecular formula is C14H19BrF3NO4S. The Morgan fingerprint density at radius 3 is 2.46 bits per heavy atom. The molecule has 0 aliphatic heterocycles. The predicted molar refractivity (Wildman–Crippen MR) is 86.2 cm³/mol. The highest BCUT2D eigenvalue weighted by atomic mass is 79.9. The van der Waals surface area contributed by atoms with Gasteiger partial charge in [0.05, 0.1) is 6.61 Å². The molecule has 1 rings (SSSR count). The predicted octanol–water partition coefficient (Wildman–Crippen LogP) is 3.52. The van der Waals surface area contributed by atoms with Crippen molar-refractivity contribution < 1.29 is 31.4 Å². The van der Waals surface area contributed by atoms with E-state index in [2.05, 4.69) is 20.7 Å². The SMILES string of the molecule is CCCCCN(CCO)S(=O)(=O)c1ccc(Br)cc1OC(F)(F)F. The van der Waals surface area contributed by atoms with Crippen LogP contribution < -0.4 is 4.74 Å². The molecule has 1 aromatic carbocycles. The molecule has 0 saturated carbocycles. The van der Waals surface area contributed by atoms with E-state index in [-0.39, 0.29) is 17.6 Å². The normalized spacial score (nSPS) is 12.6. The fraction of sp³-hybridized carbons (Fsp3) is 0.571. The summed E-state index contributed by atoms with van der Waals surface area (Å²) in [5, 5.41) is 9.08. The van der Waals surface area contributed by atoms with Crippen molar-refractivity contribution in [2.45, 2.75) is 37.4 Å². The summed E-state index contributed by atoms with van der Waals surface area (Å²) in [6.45, 7) is 1.41. The van der Waals surface area contributed by atoms with Crippen LogP contribution in [-0.2, 0) is 10.0 Å². The van der Waals surface area contributed by atoms with Gasteiger partial charge in [0.15, 0.2) is 5.75 Å². The molecule has 0 heterocycles. The van der Waals surface area contributed by atoms with E-state index in [1.54, 1.807) is 0 Å². The molecular weight excluding hydrogens is 415 g/mol. The highest BCUT2D eigenvalue weighted by Crippen LogP contribution is 2.33. The van der Waals surface area contributed by atoms with Gasteiger partial charge in [0, 0.05) is 17.6 Å². The molecule has 0 fully saturated rings. The summed E-state index contributed by atoms with van der Waals surface area (Å²) in [5.41, 5.74) is 0. The van der Waals surface area contributed by atoms with Gasteiger partial charge < -0.3 is 9.84 Å². The van der Waals surface area contributed by atoms with E-state index in [9.17, 15) is 21.6 Å². The number of rotatable bonds is 9. The molecule has 0 radical (unpaired) electrons. The Morgan fingerprint density at radius 1 is 1.25 bits per heavy atom. The average molecular weight is 434 g/mol. The van der Waals surface area contributed by atoms with Crippen molar-refractivity contribution in [1.82, 2.24) is 4.31 Å². The van der Waals surface area contributed by atoms with Crippen molar-refractivity contribution in [3.63, 3.8) is 0 Å². The van der Waals surface area contributed by atoms with E-state index in [1.165, 1.54) is 6.07 Å². The van der Waals surface area contributed by atoms with Crippen molar-refractivity contribution >= 4 is 26.0 Å². The van der Waals surface area contributed by atoms with Crippen LogP contribution in [0.2, 0.25) is 0 Å². The van der Waals surface area contributed by atoms with E-state index < -0.39 is 33.6 Å². The highest BCUT2D eigenvalue weighted by molar-refractivity contribution is 9.10. The fourth-order valence-corrected chi connectivity index (χ4v) is 3.94. The van der Waals surface area contributed by atoms with Crippen LogP contribution in [0, 0.1) is 0 Å². The molecule has 0 aliphatic rings. The molecule has 0 saturated heterocycles. The first kappa shape index (κ1) is 21.2. The quantitative estimate of drug-likeness (QED) is 0.605. The van der Waals surface area contributed by atoms with Gasteiger partial charge in [0.2, 0.25) is 10.0 Å². The summed E-state index contributed by atoms with van der Waals surface area (Å²) < 4.78 is 68.1. The van der Waals surface area contributed by atoms with Gasteiger partial charge in [0.1, 0.15) is 4.90 Å². The van der Waals surface area contributed by atoms with E-state index in [0.717, 1.165) is 29.3 Å². The van der Waals surface area contributed by atoms with Crippen molar-refractivity contribution in [3.05, 3.63) is 22.7 Å². The van der Waals surface area contributed by atoms with Crippen molar-refractivity contribution in [3.8, 4) is 5.75 Å². The van der Waals surface area contributed by atoms with Crippen LogP contribution in [0.1, 0.15) is 26.2 Å². The molecule has 138 valence electrons. The molecule has 1 aromatic rings. The van der Waals surface area contributed by atoms with Crippen LogP contribution in [0.15, 0.2) is 27.6 Å². The first-order valence-electron chi connectivity index (χ1n) is 7.28. The first-order chi connectivity index (χ1) is 11.1. The van der Waals surface area contributed by atoms with Crippen molar-refractivity contribution in [2.24, 2.45) is 0 Å². The number of hydrogen-bond donors (Lipinski definition) is 1. The number of halogens is 4. The topological polar surface area (TPSA) is 66.8 Å². The van der Waals surface area contributed by atoms with Gasteiger partial charge in [0.25, 0.3) is 0 Å². The third kappa shape index (κ3) is 6.23. The summed E-state index contributed by atoms with van der Waals surface area (Å²) in [6.07, 6.45) is -2.85. The largest absolute Gasteiger partial charge is 0.573 e. The van der Waals surface area contributed by atoms with Gasteiger partial charge in [-0.15, -0.1) is 13.2 Å². The minimum atomic E-state index is -5.02. The van der Waals surface area contributed by atoms with E-state index >= 15 is 0 Å². The number of ether oxygens (including phenoxy) is 1. The van der Waals surface area contributed by atoms with Gasteiger partial charge in [-0.2, -0.15) is 4.31 Å². The van der Waals surface area contributed by atoms with Gasteiger partial charge in [-0.25, -0.2) is 8.42 Å². The van der Waals surface area contributed by atoms with Crippen LogP contribution in [0.25, 0.3) is 0 Å². The van der Waals surface area contributed by atoms with Crippen molar-refractivity contribution in [1.29, 1.82) is 0 Å². The Balaban J connectivity index is 3.23. The monoisotopic (exact) mass is 433 g/mol. The standard InChI is InChI=1S/C14H19BrF3NO4S/c1-2-3-4-7-19(8-9-20)24(21,22)13-6-5-11(15)10-12(13)23-14(16,17)18/h5-6,10,20H,2-4,7-9H2,1H3. The summed E-state index contributed by atoms with van der Waals surface area (Å²) >= 11 is 2.99. The van der Waals surface area contributed by atoms with Crippen LogP contribution >= 0.6 is 15.9 Å². The summed E-state index contributed by atoms with van der Waals surface area (Å²) in [5.74, 6) is -0.810. The zero-order valence-electron chi connectivity index (χ0n) is 13.0. The Labute approximate surface area is 147 Å². The number of nitrogens with zero attached hydrogens (tertiary/aromatic N) is 1. The summed E-state index contributed by atoms with van der Waals surface area (Å²) in [7, 11) is -4.24. The molecule has 5 nitrogen and oxygen atoms in total. The second-order valence-corrected chi connectivity index (χ2v) is 7.80. The molecule has 0 amide bonds. The molecule has 0 aromatic heterocycles. The molecule has 1 N–H and O–H groups in total. The number of benzene rings is 1. The minimum Gasteiger partial charge on any atom is -0.404 e. The molecule has 0 aliphatic carbocycles. The number of aliphatic hydroxyl groups excluding tert-OH is 1.